The molecule has 0 aliphatic carbocycles. The third-order valence-electron chi connectivity index (χ3n) is 4.27. The van der Waals surface area contributed by atoms with E-state index in [1.165, 1.54) is 0 Å². The molecule has 1 unspecified atom stereocenters. The fraction of sp³-hybridized carbons (Fsp3) is 0.562. The molecule has 108 valence electrons. The first-order valence-electron chi connectivity index (χ1n) is 7.15. The molecule has 3 N–H and O–H groups in total. The highest BCUT2D eigenvalue weighted by molar-refractivity contribution is 5.51. The number of ether oxygens (including phenoxy) is 1. The van der Waals surface area contributed by atoms with E-state index in [1.54, 1.807) is 7.11 Å². The highest BCUT2D eigenvalue weighted by Crippen LogP contribution is 2.44. The van der Waals surface area contributed by atoms with Crippen LogP contribution in [0.2, 0.25) is 0 Å². The number of piperidine rings is 1. The number of nitrogens with two attached hydrogens (primary N) is 1. The zero-order valence-electron chi connectivity index (χ0n) is 12.3. The van der Waals surface area contributed by atoms with E-state index in [1.807, 2.05) is 25.1 Å². The van der Waals surface area contributed by atoms with Crippen LogP contribution in [0.15, 0.2) is 18.2 Å². The fourth-order valence-electron chi connectivity index (χ4n) is 3.26. The zero-order chi connectivity index (χ0) is 14.6. The van der Waals surface area contributed by atoms with E-state index in [0.717, 1.165) is 49.4 Å². The van der Waals surface area contributed by atoms with Gasteiger partial charge in [0.25, 0.3) is 0 Å². The lowest BCUT2D eigenvalue weighted by molar-refractivity contribution is 0.258. The van der Waals surface area contributed by atoms with Crippen LogP contribution in [0.1, 0.15) is 31.7 Å². The van der Waals surface area contributed by atoms with Crippen LogP contribution in [0.4, 0.5) is 5.69 Å². The molecule has 1 saturated heterocycles. The SMILES string of the molecule is COc1ccc(N)cc1C1(CC(C)C#N)CCNCC1. The molecule has 1 aromatic rings. The highest BCUT2D eigenvalue weighted by Gasteiger charge is 2.37. The Morgan fingerprint density at radius 1 is 1.45 bits per heavy atom. The Morgan fingerprint density at radius 3 is 2.75 bits per heavy atom. The minimum absolute atomic E-state index is 0.0128. The summed E-state index contributed by atoms with van der Waals surface area (Å²) < 4.78 is 5.53. The minimum atomic E-state index is -0.0128. The number of hydrogen-bond acceptors (Lipinski definition) is 4. The largest absolute Gasteiger partial charge is 0.496 e. The van der Waals surface area contributed by atoms with Gasteiger partial charge in [0.2, 0.25) is 0 Å². The predicted octanol–water partition coefficient (Wildman–Crippen LogP) is 2.45. The summed E-state index contributed by atoms with van der Waals surface area (Å²) in [6.07, 6.45) is 2.88. The van der Waals surface area contributed by atoms with Crippen molar-refractivity contribution in [1.82, 2.24) is 5.32 Å². The Bertz CT molecular complexity index is 501. The van der Waals surface area contributed by atoms with Crippen LogP contribution < -0.4 is 15.8 Å². The van der Waals surface area contributed by atoms with Gasteiger partial charge in [0.05, 0.1) is 13.2 Å². The molecule has 1 heterocycles. The van der Waals surface area contributed by atoms with E-state index in [9.17, 15) is 5.26 Å². The van der Waals surface area contributed by atoms with Crippen LogP contribution in [0.3, 0.4) is 0 Å². The lowest BCUT2D eigenvalue weighted by atomic mass is 9.68. The molecule has 0 amide bonds. The van der Waals surface area contributed by atoms with Crippen LogP contribution in [0.5, 0.6) is 5.75 Å². The Morgan fingerprint density at radius 2 is 2.15 bits per heavy atom. The quantitative estimate of drug-likeness (QED) is 0.827. The summed E-state index contributed by atoms with van der Waals surface area (Å²) in [6.45, 7) is 3.93. The molecule has 1 aliphatic rings. The summed E-state index contributed by atoms with van der Waals surface area (Å²) in [5.74, 6) is 0.908. The molecule has 20 heavy (non-hydrogen) atoms. The molecule has 1 atom stereocenters. The summed E-state index contributed by atoms with van der Waals surface area (Å²) in [5, 5.41) is 12.6. The van der Waals surface area contributed by atoms with Crippen molar-refractivity contribution in [3.63, 3.8) is 0 Å². The smallest absolute Gasteiger partial charge is 0.122 e. The van der Waals surface area contributed by atoms with Crippen LogP contribution in [-0.2, 0) is 5.41 Å². The maximum absolute atomic E-state index is 9.19. The first-order chi connectivity index (χ1) is 9.61. The minimum Gasteiger partial charge on any atom is -0.496 e. The average molecular weight is 273 g/mol. The van der Waals surface area contributed by atoms with Gasteiger partial charge in [-0.15, -0.1) is 0 Å². The van der Waals surface area contributed by atoms with Crippen molar-refractivity contribution in [2.24, 2.45) is 5.92 Å². The Labute approximate surface area is 120 Å². The number of anilines is 1. The van der Waals surface area contributed by atoms with Gasteiger partial charge in [0.1, 0.15) is 5.75 Å². The second-order valence-electron chi connectivity index (χ2n) is 5.72. The Kier molecular flexibility index (Phi) is 4.51. The van der Waals surface area contributed by atoms with E-state index in [2.05, 4.69) is 11.4 Å². The zero-order valence-corrected chi connectivity index (χ0v) is 12.3. The molecule has 0 bridgehead atoms. The second-order valence-corrected chi connectivity index (χ2v) is 5.72. The number of methoxy groups -OCH3 is 1. The Hall–Kier alpha value is -1.73. The van der Waals surface area contributed by atoms with Gasteiger partial charge in [-0.3, -0.25) is 0 Å². The normalized spacial score (nSPS) is 19.1. The third-order valence-corrected chi connectivity index (χ3v) is 4.27. The number of nitrogens with one attached hydrogen (secondary N) is 1. The van der Waals surface area contributed by atoms with Gasteiger partial charge in [-0.25, -0.2) is 0 Å². The van der Waals surface area contributed by atoms with Gasteiger partial charge >= 0.3 is 0 Å². The standard InChI is InChI=1S/C16H23N3O/c1-12(11-17)10-16(5-7-19-8-6-16)14-9-13(18)3-4-15(14)20-2/h3-4,9,12,19H,5-8,10,18H2,1-2H3. The number of nitrogens with zero attached hydrogens (tertiary/aromatic N) is 1. The molecule has 4 nitrogen and oxygen atoms in total. The highest BCUT2D eigenvalue weighted by atomic mass is 16.5. The van der Waals surface area contributed by atoms with E-state index >= 15 is 0 Å². The lowest BCUT2D eigenvalue weighted by Gasteiger charge is -2.40. The van der Waals surface area contributed by atoms with E-state index in [0.29, 0.717) is 0 Å². The molecule has 0 spiro atoms. The van der Waals surface area contributed by atoms with E-state index in [4.69, 9.17) is 10.5 Å². The third kappa shape index (κ3) is 2.88. The summed E-state index contributed by atoms with van der Waals surface area (Å²) in [5.41, 5.74) is 7.87. The topological polar surface area (TPSA) is 71.1 Å². The molecule has 0 saturated carbocycles. The predicted molar refractivity (Wildman–Crippen MR) is 80.6 cm³/mol. The van der Waals surface area contributed by atoms with Crippen LogP contribution in [-0.4, -0.2) is 20.2 Å². The lowest BCUT2D eigenvalue weighted by Crippen LogP contribution is -2.41. The molecule has 0 aromatic heterocycles. The number of nitriles is 1. The summed E-state index contributed by atoms with van der Waals surface area (Å²) >= 11 is 0. The van der Waals surface area contributed by atoms with Gasteiger partial charge in [0, 0.05) is 22.6 Å². The molecule has 2 rings (SSSR count). The number of nitrogen functional groups attached to an aromatic ring is 1. The molecule has 1 fully saturated rings. The molecular weight excluding hydrogens is 250 g/mol. The molecular formula is C16H23N3O. The van der Waals surface area contributed by atoms with Crippen molar-refractivity contribution in [3.05, 3.63) is 23.8 Å². The van der Waals surface area contributed by atoms with E-state index in [-0.39, 0.29) is 11.3 Å². The molecule has 4 heteroatoms. The molecule has 1 aromatic carbocycles. The van der Waals surface area contributed by atoms with Gasteiger partial charge in [-0.05, 0) is 57.5 Å². The van der Waals surface area contributed by atoms with Gasteiger partial charge in [-0.1, -0.05) is 0 Å². The van der Waals surface area contributed by atoms with Crippen molar-refractivity contribution in [1.29, 1.82) is 5.26 Å². The van der Waals surface area contributed by atoms with Crippen molar-refractivity contribution >= 4 is 5.69 Å². The van der Waals surface area contributed by atoms with E-state index < -0.39 is 0 Å². The van der Waals surface area contributed by atoms with Crippen molar-refractivity contribution in [3.8, 4) is 11.8 Å². The van der Waals surface area contributed by atoms with Crippen molar-refractivity contribution < 1.29 is 4.74 Å². The van der Waals surface area contributed by atoms with Gasteiger partial charge in [0.15, 0.2) is 0 Å². The summed E-state index contributed by atoms with van der Waals surface area (Å²) in [7, 11) is 1.69. The fourth-order valence-corrected chi connectivity index (χ4v) is 3.26. The number of rotatable bonds is 4. The van der Waals surface area contributed by atoms with Crippen molar-refractivity contribution in [2.45, 2.75) is 31.6 Å². The van der Waals surface area contributed by atoms with Crippen molar-refractivity contribution in [2.75, 3.05) is 25.9 Å². The average Bonchev–Trinajstić information content (AvgIpc) is 2.48. The first-order valence-corrected chi connectivity index (χ1v) is 7.15. The number of hydrogen-bond donors (Lipinski definition) is 2. The second kappa shape index (κ2) is 6.15. The monoisotopic (exact) mass is 273 g/mol. The molecule has 0 radical (unpaired) electrons. The van der Waals surface area contributed by atoms with Gasteiger partial charge < -0.3 is 15.8 Å². The first kappa shape index (κ1) is 14.7. The summed E-state index contributed by atoms with van der Waals surface area (Å²) in [4.78, 5) is 0. The maximum atomic E-state index is 9.19. The Balaban J connectivity index is 2.45. The number of benzene rings is 1. The van der Waals surface area contributed by atoms with Crippen LogP contribution in [0.25, 0.3) is 0 Å². The van der Waals surface area contributed by atoms with Gasteiger partial charge in [-0.2, -0.15) is 5.26 Å². The molecule has 1 aliphatic heterocycles. The summed E-state index contributed by atoms with van der Waals surface area (Å²) in [6, 6.07) is 8.19. The van der Waals surface area contributed by atoms with Crippen LogP contribution >= 0.6 is 0 Å². The maximum Gasteiger partial charge on any atom is 0.122 e. The van der Waals surface area contributed by atoms with Crippen LogP contribution in [0, 0.1) is 17.2 Å².